The fourth-order valence-corrected chi connectivity index (χ4v) is 1.80. The largest absolute Gasteiger partial charge is 0.480 e. The van der Waals surface area contributed by atoms with Gasteiger partial charge in [-0.05, 0) is 39.7 Å². The Hall–Kier alpha value is -1.82. The average molecular weight is 297 g/mol. The number of hydrogen-bond donors (Lipinski definition) is 3. The lowest BCUT2D eigenvalue weighted by Gasteiger charge is -2.24. The minimum absolute atomic E-state index is 0.140. The number of rotatable bonds is 4. The van der Waals surface area contributed by atoms with Crippen molar-refractivity contribution in [3.05, 3.63) is 23.8 Å². The molecule has 21 heavy (non-hydrogen) atoms. The Labute approximate surface area is 124 Å². The smallest absolute Gasteiger partial charge is 0.408 e. The van der Waals surface area contributed by atoms with E-state index in [0.29, 0.717) is 6.42 Å². The van der Waals surface area contributed by atoms with E-state index in [2.05, 4.69) is 5.32 Å². The van der Waals surface area contributed by atoms with Crippen LogP contribution in [0.4, 0.5) is 4.79 Å². The van der Waals surface area contributed by atoms with Crippen LogP contribution < -0.4 is 5.32 Å². The zero-order chi connectivity index (χ0) is 16.3. The standard InChI is InChI=1S/C15H23NO5/c1-14(2,3)21-13(19)16-11(12(17)18)9-10-5-7-15(4,20)8-6-10/h5-7,11,20H,8-9H2,1-4H3,(H,16,19)(H,17,18)/t11-,15?/m1/s1. The highest BCUT2D eigenvalue weighted by molar-refractivity contribution is 5.80. The normalized spacial score (nSPS) is 23.2. The Balaban J connectivity index is 2.64. The number of ether oxygens (including phenoxy) is 1. The molecule has 1 unspecified atom stereocenters. The molecule has 0 aromatic heterocycles. The Bertz CT molecular complexity index is 471. The molecule has 0 heterocycles. The molecule has 0 aromatic carbocycles. The summed E-state index contributed by atoms with van der Waals surface area (Å²) >= 11 is 0. The van der Waals surface area contributed by atoms with Crippen LogP contribution in [0.5, 0.6) is 0 Å². The first-order valence-electron chi connectivity index (χ1n) is 6.81. The highest BCUT2D eigenvalue weighted by Gasteiger charge is 2.26. The highest BCUT2D eigenvalue weighted by Crippen LogP contribution is 2.22. The van der Waals surface area contributed by atoms with Crippen molar-refractivity contribution < 1.29 is 24.5 Å². The maximum atomic E-state index is 11.6. The van der Waals surface area contributed by atoms with Crippen molar-refractivity contribution in [2.45, 2.75) is 57.8 Å². The topological polar surface area (TPSA) is 95.9 Å². The van der Waals surface area contributed by atoms with Crippen molar-refractivity contribution in [2.75, 3.05) is 0 Å². The molecule has 3 N–H and O–H groups in total. The lowest BCUT2D eigenvalue weighted by molar-refractivity contribution is -0.139. The number of carboxylic acids is 1. The summed E-state index contributed by atoms with van der Waals surface area (Å²) in [5.74, 6) is -1.13. The van der Waals surface area contributed by atoms with Crippen molar-refractivity contribution in [3.8, 4) is 0 Å². The van der Waals surface area contributed by atoms with Crippen molar-refractivity contribution >= 4 is 12.1 Å². The second-order valence-corrected chi connectivity index (χ2v) is 6.41. The molecule has 2 atom stereocenters. The summed E-state index contributed by atoms with van der Waals surface area (Å²) in [5, 5.41) is 21.3. The third-order valence-electron chi connectivity index (χ3n) is 2.86. The summed E-state index contributed by atoms with van der Waals surface area (Å²) in [7, 11) is 0. The van der Waals surface area contributed by atoms with Gasteiger partial charge in [0.15, 0.2) is 0 Å². The quantitative estimate of drug-likeness (QED) is 0.737. The summed E-state index contributed by atoms with van der Waals surface area (Å²) in [6, 6.07) is -1.07. The van der Waals surface area contributed by atoms with Crippen molar-refractivity contribution in [1.82, 2.24) is 5.32 Å². The van der Waals surface area contributed by atoms with E-state index >= 15 is 0 Å². The molecule has 0 bridgehead atoms. The zero-order valence-corrected chi connectivity index (χ0v) is 12.8. The molecule has 0 aliphatic heterocycles. The van der Waals surface area contributed by atoms with Gasteiger partial charge in [0.1, 0.15) is 11.6 Å². The summed E-state index contributed by atoms with van der Waals surface area (Å²) in [4.78, 5) is 22.9. The molecule has 0 saturated heterocycles. The Morgan fingerprint density at radius 2 is 2.10 bits per heavy atom. The van der Waals surface area contributed by atoms with Gasteiger partial charge in [-0.25, -0.2) is 9.59 Å². The number of hydrogen-bond acceptors (Lipinski definition) is 4. The molecular weight excluding hydrogens is 274 g/mol. The lowest BCUT2D eigenvalue weighted by Crippen LogP contribution is -2.43. The minimum atomic E-state index is -1.13. The number of nitrogens with one attached hydrogen (secondary N) is 1. The molecule has 6 nitrogen and oxygen atoms in total. The minimum Gasteiger partial charge on any atom is -0.480 e. The summed E-state index contributed by atoms with van der Waals surface area (Å²) in [6.45, 7) is 6.79. The summed E-state index contributed by atoms with van der Waals surface area (Å²) in [6.07, 6.45) is 4.86. The third-order valence-corrected chi connectivity index (χ3v) is 2.86. The van der Waals surface area contributed by atoms with Crippen LogP contribution in [-0.2, 0) is 9.53 Å². The van der Waals surface area contributed by atoms with Gasteiger partial charge in [0.25, 0.3) is 0 Å². The fraction of sp³-hybridized carbons (Fsp3) is 0.600. The Morgan fingerprint density at radius 3 is 2.52 bits per heavy atom. The first kappa shape index (κ1) is 17.2. The molecule has 0 aromatic rings. The van der Waals surface area contributed by atoms with E-state index in [1.54, 1.807) is 45.9 Å². The van der Waals surface area contributed by atoms with Crippen LogP contribution in [0.15, 0.2) is 23.8 Å². The average Bonchev–Trinajstić information content (AvgIpc) is 2.28. The lowest BCUT2D eigenvalue weighted by atomic mass is 9.91. The maximum absolute atomic E-state index is 11.6. The number of allylic oxidation sites excluding steroid dienone is 1. The van der Waals surface area contributed by atoms with E-state index in [-0.39, 0.29) is 6.42 Å². The van der Waals surface area contributed by atoms with Crippen LogP contribution in [0, 0.1) is 0 Å². The summed E-state index contributed by atoms with van der Waals surface area (Å²) in [5.41, 5.74) is -0.832. The number of carbonyl (C=O) groups excluding carboxylic acids is 1. The number of aliphatic hydroxyl groups is 1. The highest BCUT2D eigenvalue weighted by atomic mass is 16.6. The molecular formula is C15H23NO5. The van der Waals surface area contributed by atoms with Gasteiger partial charge >= 0.3 is 12.1 Å². The van der Waals surface area contributed by atoms with Crippen LogP contribution in [0.2, 0.25) is 0 Å². The third kappa shape index (κ3) is 6.44. The van der Waals surface area contributed by atoms with E-state index in [9.17, 15) is 19.8 Å². The predicted molar refractivity (Wildman–Crippen MR) is 77.9 cm³/mol. The molecule has 1 aliphatic carbocycles. The summed E-state index contributed by atoms with van der Waals surface area (Å²) < 4.78 is 5.05. The SMILES string of the molecule is CC1(O)C=CC(C[C@@H](NC(=O)OC(C)(C)C)C(=O)O)=CC1. The number of amides is 1. The molecule has 6 heteroatoms. The van der Waals surface area contributed by atoms with Crippen molar-refractivity contribution in [1.29, 1.82) is 0 Å². The van der Waals surface area contributed by atoms with Gasteiger partial charge in [-0.1, -0.05) is 18.2 Å². The van der Waals surface area contributed by atoms with Crippen LogP contribution in [0.1, 0.15) is 40.5 Å². The maximum Gasteiger partial charge on any atom is 0.408 e. The monoisotopic (exact) mass is 297 g/mol. The molecule has 118 valence electrons. The van der Waals surface area contributed by atoms with Gasteiger partial charge in [-0.3, -0.25) is 0 Å². The van der Waals surface area contributed by atoms with Crippen LogP contribution in [-0.4, -0.2) is 39.5 Å². The van der Waals surface area contributed by atoms with E-state index in [4.69, 9.17) is 4.74 Å². The van der Waals surface area contributed by atoms with E-state index < -0.39 is 29.3 Å². The van der Waals surface area contributed by atoms with Crippen molar-refractivity contribution in [3.63, 3.8) is 0 Å². The van der Waals surface area contributed by atoms with Gasteiger partial charge in [-0.15, -0.1) is 0 Å². The number of carbonyl (C=O) groups is 2. The second kappa shape index (κ2) is 6.30. The van der Waals surface area contributed by atoms with Crippen molar-refractivity contribution in [2.24, 2.45) is 0 Å². The number of carboxylic acid groups (broad SMARTS) is 1. The molecule has 1 amide bonds. The number of alkyl carbamates (subject to hydrolysis) is 1. The molecule has 1 aliphatic rings. The molecule has 1 rings (SSSR count). The molecule has 0 radical (unpaired) electrons. The Kier molecular flexibility index (Phi) is 5.17. The molecule has 0 fully saturated rings. The van der Waals surface area contributed by atoms with E-state index in [0.717, 1.165) is 5.57 Å². The van der Waals surface area contributed by atoms with Gasteiger partial charge in [-0.2, -0.15) is 0 Å². The van der Waals surface area contributed by atoms with E-state index in [1.807, 2.05) is 0 Å². The van der Waals surface area contributed by atoms with E-state index in [1.165, 1.54) is 0 Å². The Morgan fingerprint density at radius 1 is 1.48 bits per heavy atom. The predicted octanol–water partition coefficient (Wildman–Crippen LogP) is 1.99. The first-order valence-corrected chi connectivity index (χ1v) is 6.81. The van der Waals surface area contributed by atoms with Crippen LogP contribution in [0.25, 0.3) is 0 Å². The van der Waals surface area contributed by atoms with Crippen LogP contribution >= 0.6 is 0 Å². The molecule has 0 saturated carbocycles. The van der Waals surface area contributed by atoms with Gasteiger partial charge in [0, 0.05) is 6.42 Å². The second-order valence-electron chi connectivity index (χ2n) is 6.41. The molecule has 0 spiro atoms. The zero-order valence-electron chi connectivity index (χ0n) is 12.8. The first-order chi connectivity index (χ1) is 9.48. The van der Waals surface area contributed by atoms with Gasteiger partial charge in [0.05, 0.1) is 5.60 Å². The van der Waals surface area contributed by atoms with Gasteiger partial charge in [0.2, 0.25) is 0 Å². The van der Waals surface area contributed by atoms with Gasteiger partial charge < -0.3 is 20.3 Å². The number of aliphatic carboxylic acids is 1. The fourth-order valence-electron chi connectivity index (χ4n) is 1.80. The van der Waals surface area contributed by atoms with Crippen LogP contribution in [0.3, 0.4) is 0 Å².